The van der Waals surface area contributed by atoms with Crippen LogP contribution in [0.4, 0.5) is 11.4 Å². The molecule has 2 aliphatic heterocycles. The van der Waals surface area contributed by atoms with Gasteiger partial charge < -0.3 is 29.2 Å². The molecule has 2 saturated heterocycles. The molecule has 0 aliphatic carbocycles. The Bertz CT molecular complexity index is 1320. The van der Waals surface area contributed by atoms with Gasteiger partial charge in [0.1, 0.15) is 11.5 Å². The van der Waals surface area contributed by atoms with Crippen LogP contribution >= 0.6 is 12.2 Å². The minimum Gasteiger partial charge on any atom is -0.492 e. The van der Waals surface area contributed by atoms with Gasteiger partial charge in [-0.05, 0) is 50.7 Å². The number of nitrogens with one attached hydrogen (secondary N) is 2. The van der Waals surface area contributed by atoms with Crippen LogP contribution in [-0.4, -0.2) is 89.6 Å². The van der Waals surface area contributed by atoms with Crippen molar-refractivity contribution in [3.63, 3.8) is 0 Å². The molecule has 0 unspecified atom stereocenters. The van der Waals surface area contributed by atoms with Gasteiger partial charge in [0.05, 0.1) is 55.9 Å². The van der Waals surface area contributed by atoms with E-state index < -0.39 is 15.9 Å². The fraction of sp³-hybridized carbons (Fsp3) is 0.481. The molecule has 2 aromatic rings. The van der Waals surface area contributed by atoms with Crippen LogP contribution in [0.15, 0.2) is 35.2 Å². The van der Waals surface area contributed by atoms with Crippen molar-refractivity contribution in [2.75, 3.05) is 76.0 Å². The van der Waals surface area contributed by atoms with Crippen LogP contribution in [-0.2, 0) is 19.5 Å². The van der Waals surface area contributed by atoms with Crippen molar-refractivity contribution in [1.82, 2.24) is 9.62 Å². The molecule has 2 aliphatic rings. The van der Waals surface area contributed by atoms with Crippen molar-refractivity contribution in [3.8, 4) is 11.5 Å². The predicted octanol–water partition coefficient (Wildman–Crippen LogP) is 2.78. The smallest absolute Gasteiger partial charge is 0.257 e. The van der Waals surface area contributed by atoms with Crippen molar-refractivity contribution in [3.05, 3.63) is 41.5 Å². The fourth-order valence-electron chi connectivity index (χ4n) is 4.51. The first-order valence-electron chi connectivity index (χ1n) is 13.3. The largest absolute Gasteiger partial charge is 0.492 e. The van der Waals surface area contributed by atoms with Crippen molar-refractivity contribution < 1.29 is 32.2 Å². The number of morpholine rings is 2. The van der Waals surface area contributed by atoms with Crippen LogP contribution in [0.3, 0.4) is 0 Å². The summed E-state index contributed by atoms with van der Waals surface area (Å²) >= 11 is 5.47. The van der Waals surface area contributed by atoms with Gasteiger partial charge in [0.2, 0.25) is 10.0 Å². The van der Waals surface area contributed by atoms with E-state index in [1.165, 1.54) is 16.4 Å². The molecular weight excluding hydrogens is 556 g/mol. The van der Waals surface area contributed by atoms with Gasteiger partial charge in [0.25, 0.3) is 5.91 Å². The topological polar surface area (TPSA) is 119 Å². The standard InChI is InChI=1S/C27H36N4O7S2/c1-4-37-24-18-23(30-8-12-35-13-9-30)25(38-5-2)17-22(24)28-27(39)29-26(32)21-16-20(7-6-19(21)3)40(33,34)31-10-14-36-15-11-31/h6-7,16-18H,4-5,8-15H2,1-3H3,(H2,28,29,32,39). The van der Waals surface area contributed by atoms with E-state index in [2.05, 4.69) is 15.5 Å². The monoisotopic (exact) mass is 592 g/mol. The van der Waals surface area contributed by atoms with Crippen molar-refractivity contribution in [2.24, 2.45) is 0 Å². The Morgan fingerprint density at radius 2 is 1.57 bits per heavy atom. The molecule has 0 radical (unpaired) electrons. The third-order valence-electron chi connectivity index (χ3n) is 6.55. The summed E-state index contributed by atoms with van der Waals surface area (Å²) in [5, 5.41) is 5.76. The lowest BCUT2D eigenvalue weighted by Crippen LogP contribution is -2.40. The molecule has 2 fully saturated rings. The molecule has 0 aromatic heterocycles. The number of sulfonamides is 1. The summed E-state index contributed by atoms with van der Waals surface area (Å²) in [7, 11) is -3.76. The maximum Gasteiger partial charge on any atom is 0.257 e. The number of hydrogen-bond acceptors (Lipinski definition) is 9. The lowest BCUT2D eigenvalue weighted by atomic mass is 10.1. The molecule has 0 saturated carbocycles. The van der Waals surface area contributed by atoms with Gasteiger partial charge in [-0.25, -0.2) is 8.42 Å². The lowest BCUT2D eigenvalue weighted by molar-refractivity contribution is 0.0730. The number of rotatable bonds is 9. The zero-order valence-electron chi connectivity index (χ0n) is 23.0. The van der Waals surface area contributed by atoms with E-state index in [9.17, 15) is 13.2 Å². The maximum atomic E-state index is 13.2. The number of ether oxygens (including phenoxy) is 4. The highest BCUT2D eigenvalue weighted by Gasteiger charge is 2.28. The molecular formula is C27H36N4O7S2. The van der Waals surface area contributed by atoms with Gasteiger partial charge in [-0.3, -0.25) is 10.1 Å². The summed E-state index contributed by atoms with van der Waals surface area (Å²) in [6, 6.07) is 8.21. The van der Waals surface area contributed by atoms with E-state index in [4.69, 9.17) is 31.2 Å². The Morgan fingerprint density at radius 1 is 0.950 bits per heavy atom. The number of amides is 1. The number of carbonyl (C=O) groups excluding carboxylic acids is 1. The first-order valence-corrected chi connectivity index (χ1v) is 15.2. The SMILES string of the molecule is CCOc1cc(N2CCOCC2)c(OCC)cc1NC(=S)NC(=O)c1cc(S(=O)(=O)N2CCOCC2)ccc1C. The Labute approximate surface area is 240 Å². The van der Waals surface area contributed by atoms with Crippen LogP contribution in [0.25, 0.3) is 0 Å². The molecule has 218 valence electrons. The van der Waals surface area contributed by atoms with Crippen molar-refractivity contribution >= 4 is 44.6 Å². The van der Waals surface area contributed by atoms with Crippen LogP contribution < -0.4 is 25.0 Å². The second-order valence-corrected chi connectivity index (χ2v) is 11.5. The number of carbonyl (C=O) groups is 1. The van der Waals surface area contributed by atoms with E-state index >= 15 is 0 Å². The van der Waals surface area contributed by atoms with Crippen molar-refractivity contribution in [1.29, 1.82) is 0 Å². The molecule has 0 bridgehead atoms. The summed E-state index contributed by atoms with van der Waals surface area (Å²) in [5.74, 6) is 0.683. The number of nitrogens with zero attached hydrogens (tertiary/aromatic N) is 2. The Morgan fingerprint density at radius 3 is 2.23 bits per heavy atom. The molecule has 1 amide bonds. The number of anilines is 2. The van der Waals surface area contributed by atoms with E-state index in [1.54, 1.807) is 19.1 Å². The highest BCUT2D eigenvalue weighted by molar-refractivity contribution is 7.89. The zero-order chi connectivity index (χ0) is 28.7. The quantitative estimate of drug-likeness (QED) is 0.421. The molecule has 2 heterocycles. The average Bonchev–Trinajstić information content (AvgIpc) is 2.95. The molecule has 4 rings (SSSR count). The molecule has 11 nitrogen and oxygen atoms in total. The predicted molar refractivity (Wildman–Crippen MR) is 156 cm³/mol. The summed E-state index contributed by atoms with van der Waals surface area (Å²) in [6.45, 7) is 10.3. The lowest BCUT2D eigenvalue weighted by Gasteiger charge is -2.31. The molecule has 40 heavy (non-hydrogen) atoms. The minimum absolute atomic E-state index is 0.0355. The normalized spacial score (nSPS) is 16.3. The number of aryl methyl sites for hydroxylation is 1. The molecule has 2 aromatic carbocycles. The van der Waals surface area contributed by atoms with Crippen LogP contribution in [0.2, 0.25) is 0 Å². The van der Waals surface area contributed by atoms with Gasteiger partial charge in [-0.2, -0.15) is 4.31 Å². The van der Waals surface area contributed by atoms with Gasteiger partial charge in [0, 0.05) is 43.9 Å². The number of hydrogen-bond donors (Lipinski definition) is 2. The highest BCUT2D eigenvalue weighted by Crippen LogP contribution is 2.39. The van der Waals surface area contributed by atoms with E-state index in [1.807, 2.05) is 19.9 Å². The maximum absolute atomic E-state index is 13.2. The molecule has 13 heteroatoms. The average molecular weight is 593 g/mol. The first kappa shape index (κ1) is 30.0. The number of benzene rings is 2. The minimum atomic E-state index is -3.76. The van der Waals surface area contributed by atoms with Crippen molar-refractivity contribution in [2.45, 2.75) is 25.7 Å². The summed E-state index contributed by atoms with van der Waals surface area (Å²) in [5.41, 5.74) is 2.25. The summed E-state index contributed by atoms with van der Waals surface area (Å²) in [4.78, 5) is 15.4. The Hall–Kier alpha value is -2.97. The molecule has 0 atom stereocenters. The Balaban J connectivity index is 1.54. The molecule has 0 spiro atoms. The number of thiocarbonyl (C=S) groups is 1. The van der Waals surface area contributed by atoms with E-state index in [0.717, 1.165) is 18.8 Å². The first-order chi connectivity index (χ1) is 19.2. The Kier molecular flexibility index (Phi) is 10.2. The van der Waals surface area contributed by atoms with Gasteiger partial charge >= 0.3 is 0 Å². The van der Waals surface area contributed by atoms with Gasteiger partial charge in [-0.15, -0.1) is 0 Å². The molecule has 2 N–H and O–H groups in total. The van der Waals surface area contributed by atoms with Crippen LogP contribution in [0, 0.1) is 6.92 Å². The second-order valence-electron chi connectivity index (χ2n) is 9.18. The van der Waals surface area contributed by atoms with E-state index in [-0.39, 0.29) is 28.7 Å². The summed E-state index contributed by atoms with van der Waals surface area (Å²) < 4.78 is 50.2. The fourth-order valence-corrected chi connectivity index (χ4v) is 6.15. The highest BCUT2D eigenvalue weighted by atomic mass is 32.2. The van der Waals surface area contributed by atoms with Crippen LogP contribution in [0.5, 0.6) is 11.5 Å². The van der Waals surface area contributed by atoms with Gasteiger partial charge in [0.15, 0.2) is 5.11 Å². The second kappa shape index (κ2) is 13.6. The van der Waals surface area contributed by atoms with Crippen LogP contribution in [0.1, 0.15) is 29.8 Å². The third kappa shape index (κ3) is 7.02. The van der Waals surface area contributed by atoms with Gasteiger partial charge in [-0.1, -0.05) is 6.07 Å². The zero-order valence-corrected chi connectivity index (χ0v) is 24.7. The summed E-state index contributed by atoms with van der Waals surface area (Å²) in [6.07, 6.45) is 0. The van der Waals surface area contributed by atoms with E-state index in [0.29, 0.717) is 62.4 Å². The third-order valence-corrected chi connectivity index (χ3v) is 8.65.